The summed E-state index contributed by atoms with van der Waals surface area (Å²) in [6, 6.07) is 5.52. The molecule has 0 saturated carbocycles. The van der Waals surface area contributed by atoms with Gasteiger partial charge in [-0.2, -0.15) is 0 Å². The summed E-state index contributed by atoms with van der Waals surface area (Å²) in [5.41, 5.74) is 0. The first-order valence-electron chi connectivity index (χ1n) is 5.70. The van der Waals surface area contributed by atoms with Crippen LogP contribution in [0, 0.1) is 12.7 Å². The number of nitrogens with one attached hydrogen (secondary N) is 1. The van der Waals surface area contributed by atoms with Crippen molar-refractivity contribution in [2.75, 3.05) is 6.61 Å². The van der Waals surface area contributed by atoms with Gasteiger partial charge in [0.25, 0.3) is 5.91 Å². The van der Waals surface area contributed by atoms with E-state index in [9.17, 15) is 9.18 Å². The van der Waals surface area contributed by atoms with Crippen LogP contribution in [-0.4, -0.2) is 17.5 Å². The summed E-state index contributed by atoms with van der Waals surface area (Å²) < 4.78 is 17.9. The topological polar surface area (TPSA) is 51.2 Å². The van der Waals surface area contributed by atoms with Crippen molar-refractivity contribution in [2.45, 2.75) is 13.5 Å². The van der Waals surface area contributed by atoms with Gasteiger partial charge < -0.3 is 10.1 Å². The molecule has 1 heterocycles. The van der Waals surface area contributed by atoms with Gasteiger partial charge in [0.15, 0.2) is 6.61 Å². The van der Waals surface area contributed by atoms with Gasteiger partial charge in [-0.05, 0) is 31.2 Å². The fourth-order valence-corrected chi connectivity index (χ4v) is 2.11. The molecule has 1 aromatic heterocycles. The molecule has 1 aromatic carbocycles. The maximum absolute atomic E-state index is 12.7. The molecule has 0 saturated heterocycles. The maximum atomic E-state index is 12.7. The molecule has 2 rings (SSSR count). The largest absolute Gasteiger partial charge is 0.484 e. The number of ether oxygens (including phenoxy) is 1. The Labute approximate surface area is 114 Å². The Bertz CT molecular complexity index is 554. The molecule has 0 bridgehead atoms. The summed E-state index contributed by atoms with van der Waals surface area (Å²) in [6.45, 7) is 2.25. The molecule has 0 aliphatic carbocycles. The van der Waals surface area contributed by atoms with Crippen LogP contribution in [0.2, 0.25) is 0 Å². The summed E-state index contributed by atoms with van der Waals surface area (Å²) in [6.07, 6.45) is 1.77. The van der Waals surface area contributed by atoms with Gasteiger partial charge in [0.2, 0.25) is 0 Å². The van der Waals surface area contributed by atoms with Crippen LogP contribution in [0.3, 0.4) is 0 Å². The average molecular weight is 280 g/mol. The summed E-state index contributed by atoms with van der Waals surface area (Å²) in [4.78, 5) is 16.8. The summed E-state index contributed by atoms with van der Waals surface area (Å²) in [5, 5.41) is 3.56. The van der Waals surface area contributed by atoms with E-state index in [-0.39, 0.29) is 18.3 Å². The van der Waals surface area contributed by atoms with E-state index in [1.165, 1.54) is 35.6 Å². The van der Waals surface area contributed by atoms with Crippen molar-refractivity contribution in [2.24, 2.45) is 0 Å². The van der Waals surface area contributed by atoms with E-state index in [0.717, 1.165) is 9.88 Å². The lowest BCUT2D eigenvalue weighted by atomic mass is 10.3. The number of aromatic nitrogens is 1. The zero-order valence-corrected chi connectivity index (χ0v) is 11.2. The molecule has 0 radical (unpaired) electrons. The van der Waals surface area contributed by atoms with Gasteiger partial charge in [0.05, 0.1) is 6.54 Å². The van der Waals surface area contributed by atoms with Crippen molar-refractivity contribution < 1.29 is 13.9 Å². The number of benzene rings is 1. The SMILES string of the molecule is Cc1cnc(CNC(=O)COc2ccc(F)cc2)s1. The second-order valence-corrected chi connectivity index (χ2v) is 5.20. The highest BCUT2D eigenvalue weighted by Crippen LogP contribution is 2.11. The minimum absolute atomic E-state index is 0.101. The molecule has 0 unspecified atom stereocenters. The molecule has 2 aromatic rings. The van der Waals surface area contributed by atoms with E-state index < -0.39 is 0 Å². The third kappa shape index (κ3) is 4.33. The van der Waals surface area contributed by atoms with Crippen LogP contribution in [-0.2, 0) is 11.3 Å². The normalized spacial score (nSPS) is 10.2. The zero-order valence-electron chi connectivity index (χ0n) is 10.4. The molecule has 100 valence electrons. The first-order chi connectivity index (χ1) is 9.13. The molecular formula is C13H13FN2O2S. The molecule has 19 heavy (non-hydrogen) atoms. The van der Waals surface area contributed by atoms with E-state index in [1.54, 1.807) is 6.20 Å². The number of aryl methyl sites for hydroxylation is 1. The second kappa shape index (κ2) is 6.29. The Kier molecular flexibility index (Phi) is 4.46. The highest BCUT2D eigenvalue weighted by Gasteiger charge is 2.04. The predicted octanol–water partition coefficient (Wildman–Crippen LogP) is 2.29. The number of hydrogen-bond acceptors (Lipinski definition) is 4. The molecule has 0 aliphatic rings. The number of hydrogen-bond donors (Lipinski definition) is 1. The van der Waals surface area contributed by atoms with Gasteiger partial charge >= 0.3 is 0 Å². The van der Waals surface area contributed by atoms with Crippen molar-refractivity contribution in [3.05, 3.63) is 46.2 Å². The van der Waals surface area contributed by atoms with Gasteiger partial charge in [0.1, 0.15) is 16.6 Å². The molecule has 0 fully saturated rings. The van der Waals surface area contributed by atoms with E-state index in [2.05, 4.69) is 10.3 Å². The van der Waals surface area contributed by atoms with Gasteiger partial charge in [-0.15, -0.1) is 11.3 Å². The van der Waals surface area contributed by atoms with E-state index in [4.69, 9.17) is 4.74 Å². The Morgan fingerprint density at radius 2 is 2.16 bits per heavy atom. The fraction of sp³-hybridized carbons (Fsp3) is 0.231. The Morgan fingerprint density at radius 3 is 2.79 bits per heavy atom. The Hall–Kier alpha value is -1.95. The van der Waals surface area contributed by atoms with Crippen molar-refractivity contribution >= 4 is 17.2 Å². The number of carbonyl (C=O) groups excluding carboxylic acids is 1. The highest BCUT2D eigenvalue weighted by atomic mass is 32.1. The summed E-state index contributed by atoms with van der Waals surface area (Å²) in [7, 11) is 0. The first-order valence-corrected chi connectivity index (χ1v) is 6.51. The molecule has 6 heteroatoms. The number of nitrogens with zero attached hydrogens (tertiary/aromatic N) is 1. The molecule has 0 atom stereocenters. The quantitative estimate of drug-likeness (QED) is 0.914. The molecule has 0 spiro atoms. The van der Waals surface area contributed by atoms with Gasteiger partial charge in [-0.25, -0.2) is 9.37 Å². The van der Waals surface area contributed by atoms with Crippen LogP contribution >= 0.6 is 11.3 Å². The third-order valence-electron chi connectivity index (χ3n) is 2.29. The third-order valence-corrected chi connectivity index (χ3v) is 3.20. The van der Waals surface area contributed by atoms with Crippen molar-refractivity contribution in [3.8, 4) is 5.75 Å². The lowest BCUT2D eigenvalue weighted by molar-refractivity contribution is -0.123. The van der Waals surface area contributed by atoms with Crippen LogP contribution < -0.4 is 10.1 Å². The van der Waals surface area contributed by atoms with Crippen molar-refractivity contribution in [1.29, 1.82) is 0 Å². The van der Waals surface area contributed by atoms with Crippen LogP contribution in [0.25, 0.3) is 0 Å². The van der Waals surface area contributed by atoms with E-state index >= 15 is 0 Å². The standard InChI is InChI=1S/C13H13FN2O2S/c1-9-6-16-13(19-9)7-15-12(17)8-18-11-4-2-10(14)3-5-11/h2-6H,7-8H2,1H3,(H,15,17). The fourth-order valence-electron chi connectivity index (χ4n) is 1.39. The smallest absolute Gasteiger partial charge is 0.258 e. The lowest BCUT2D eigenvalue weighted by Crippen LogP contribution is -2.28. The molecule has 1 amide bonds. The predicted molar refractivity (Wildman–Crippen MR) is 70.6 cm³/mol. The molecule has 1 N–H and O–H groups in total. The van der Waals surface area contributed by atoms with Crippen molar-refractivity contribution in [1.82, 2.24) is 10.3 Å². The molecular weight excluding hydrogens is 267 g/mol. The Balaban J connectivity index is 1.74. The number of amides is 1. The van der Waals surface area contributed by atoms with Crippen LogP contribution in [0.15, 0.2) is 30.5 Å². The number of halogens is 1. The number of carbonyl (C=O) groups is 1. The molecule has 0 aliphatic heterocycles. The monoisotopic (exact) mass is 280 g/mol. The minimum atomic E-state index is -0.337. The Morgan fingerprint density at radius 1 is 1.42 bits per heavy atom. The van der Waals surface area contributed by atoms with Gasteiger partial charge in [0, 0.05) is 11.1 Å². The highest BCUT2D eigenvalue weighted by molar-refractivity contribution is 7.11. The first kappa shape index (κ1) is 13.5. The lowest BCUT2D eigenvalue weighted by Gasteiger charge is -2.06. The maximum Gasteiger partial charge on any atom is 0.258 e. The number of thiazole rings is 1. The zero-order chi connectivity index (χ0) is 13.7. The van der Waals surface area contributed by atoms with Crippen LogP contribution in [0.4, 0.5) is 4.39 Å². The van der Waals surface area contributed by atoms with E-state index in [1.807, 2.05) is 6.92 Å². The number of rotatable bonds is 5. The summed E-state index contributed by atoms with van der Waals surface area (Å²) in [5.74, 6) is -0.116. The van der Waals surface area contributed by atoms with Gasteiger partial charge in [-0.3, -0.25) is 4.79 Å². The van der Waals surface area contributed by atoms with E-state index in [0.29, 0.717) is 12.3 Å². The van der Waals surface area contributed by atoms with Crippen LogP contribution in [0.1, 0.15) is 9.88 Å². The second-order valence-electron chi connectivity index (χ2n) is 3.88. The minimum Gasteiger partial charge on any atom is -0.484 e. The van der Waals surface area contributed by atoms with Crippen LogP contribution in [0.5, 0.6) is 5.75 Å². The summed E-state index contributed by atoms with van der Waals surface area (Å²) >= 11 is 1.54. The van der Waals surface area contributed by atoms with Crippen molar-refractivity contribution in [3.63, 3.8) is 0 Å². The van der Waals surface area contributed by atoms with Gasteiger partial charge in [-0.1, -0.05) is 0 Å². The average Bonchev–Trinajstić information content (AvgIpc) is 2.81. The molecule has 4 nitrogen and oxygen atoms in total.